The second-order valence-electron chi connectivity index (χ2n) is 5.51. The number of hydrogen-bond acceptors (Lipinski definition) is 3. The average molecular weight is 293 g/mol. The van der Waals surface area contributed by atoms with E-state index in [2.05, 4.69) is 54.8 Å². The number of methoxy groups -OCH3 is 1. The van der Waals surface area contributed by atoms with Crippen LogP contribution in [0, 0.1) is 0 Å². The van der Waals surface area contributed by atoms with Gasteiger partial charge >= 0.3 is 0 Å². The van der Waals surface area contributed by atoms with E-state index in [4.69, 9.17) is 4.74 Å². The SMILES string of the molecule is CCC(CC)N(CCOC)CC1Cc2ccccc2S1. The molecule has 20 heavy (non-hydrogen) atoms. The summed E-state index contributed by atoms with van der Waals surface area (Å²) in [4.78, 5) is 4.11. The fraction of sp³-hybridized carbons (Fsp3) is 0.647. The minimum Gasteiger partial charge on any atom is -0.383 e. The van der Waals surface area contributed by atoms with Gasteiger partial charge in [-0.2, -0.15) is 0 Å². The molecular formula is C17H27NOS. The van der Waals surface area contributed by atoms with Crippen LogP contribution in [-0.4, -0.2) is 43.0 Å². The van der Waals surface area contributed by atoms with E-state index in [0.29, 0.717) is 11.3 Å². The molecule has 1 heterocycles. The Kier molecular flexibility index (Phi) is 6.40. The standard InChI is InChI=1S/C17H27NOS/c1-4-15(5-2)18(10-11-19-3)13-16-12-14-8-6-7-9-17(14)20-16/h6-9,15-16H,4-5,10-13H2,1-3H3. The van der Waals surface area contributed by atoms with E-state index < -0.39 is 0 Å². The second kappa shape index (κ2) is 8.06. The van der Waals surface area contributed by atoms with Gasteiger partial charge in [0.25, 0.3) is 0 Å². The molecule has 0 saturated heterocycles. The first-order valence-electron chi connectivity index (χ1n) is 7.76. The van der Waals surface area contributed by atoms with Crippen molar-refractivity contribution < 1.29 is 4.74 Å². The van der Waals surface area contributed by atoms with Crippen LogP contribution in [0.2, 0.25) is 0 Å². The van der Waals surface area contributed by atoms with Crippen molar-refractivity contribution in [3.05, 3.63) is 29.8 Å². The van der Waals surface area contributed by atoms with Gasteiger partial charge in [0.2, 0.25) is 0 Å². The van der Waals surface area contributed by atoms with Crippen LogP contribution < -0.4 is 0 Å². The third-order valence-electron chi connectivity index (χ3n) is 4.19. The van der Waals surface area contributed by atoms with E-state index in [9.17, 15) is 0 Å². The van der Waals surface area contributed by atoms with Crippen molar-refractivity contribution in [2.45, 2.75) is 49.3 Å². The molecule has 0 amide bonds. The third-order valence-corrected chi connectivity index (χ3v) is 5.49. The van der Waals surface area contributed by atoms with E-state index in [1.54, 1.807) is 7.11 Å². The topological polar surface area (TPSA) is 12.5 Å². The second-order valence-corrected chi connectivity index (χ2v) is 6.85. The average Bonchev–Trinajstić information content (AvgIpc) is 2.88. The van der Waals surface area contributed by atoms with Crippen molar-refractivity contribution in [2.24, 2.45) is 0 Å². The van der Waals surface area contributed by atoms with Crippen LogP contribution in [0.15, 0.2) is 29.2 Å². The highest BCUT2D eigenvalue weighted by molar-refractivity contribution is 8.00. The number of rotatable bonds is 8. The normalized spacial score (nSPS) is 17.9. The van der Waals surface area contributed by atoms with Gasteiger partial charge in [0, 0.05) is 36.4 Å². The molecular weight excluding hydrogens is 266 g/mol. The first kappa shape index (κ1) is 15.9. The lowest BCUT2D eigenvalue weighted by Crippen LogP contribution is -2.41. The zero-order valence-corrected chi connectivity index (χ0v) is 13.8. The number of thioether (sulfide) groups is 1. The fourth-order valence-electron chi connectivity index (χ4n) is 3.05. The van der Waals surface area contributed by atoms with E-state index >= 15 is 0 Å². The van der Waals surface area contributed by atoms with Crippen molar-refractivity contribution in [2.75, 3.05) is 26.8 Å². The Bertz CT molecular complexity index is 381. The Hall–Kier alpha value is -0.510. The van der Waals surface area contributed by atoms with Gasteiger partial charge in [-0.15, -0.1) is 11.8 Å². The maximum absolute atomic E-state index is 5.29. The van der Waals surface area contributed by atoms with Gasteiger partial charge in [-0.25, -0.2) is 0 Å². The molecule has 1 aromatic rings. The van der Waals surface area contributed by atoms with Crippen molar-refractivity contribution in [3.8, 4) is 0 Å². The highest BCUT2D eigenvalue weighted by Crippen LogP contribution is 2.37. The molecule has 0 saturated carbocycles. The lowest BCUT2D eigenvalue weighted by Gasteiger charge is -2.32. The van der Waals surface area contributed by atoms with Gasteiger partial charge in [0.1, 0.15) is 0 Å². The largest absolute Gasteiger partial charge is 0.383 e. The molecule has 0 fully saturated rings. The maximum atomic E-state index is 5.29. The molecule has 0 aromatic heterocycles. The summed E-state index contributed by atoms with van der Waals surface area (Å²) in [6, 6.07) is 9.54. The summed E-state index contributed by atoms with van der Waals surface area (Å²) in [5.41, 5.74) is 1.53. The van der Waals surface area contributed by atoms with E-state index in [1.165, 1.54) is 36.3 Å². The lowest BCUT2D eigenvalue weighted by molar-refractivity contribution is 0.116. The molecule has 1 aliphatic rings. The predicted octanol–water partition coefficient (Wildman–Crippen LogP) is 3.84. The number of hydrogen-bond donors (Lipinski definition) is 0. The smallest absolute Gasteiger partial charge is 0.0589 e. The van der Waals surface area contributed by atoms with Crippen molar-refractivity contribution >= 4 is 11.8 Å². The summed E-state index contributed by atoms with van der Waals surface area (Å²) in [7, 11) is 1.80. The zero-order valence-electron chi connectivity index (χ0n) is 13.0. The predicted molar refractivity (Wildman–Crippen MR) is 87.6 cm³/mol. The number of fused-ring (bicyclic) bond motifs is 1. The van der Waals surface area contributed by atoms with Gasteiger partial charge in [-0.3, -0.25) is 4.90 Å². The summed E-state index contributed by atoms with van der Waals surface area (Å²) >= 11 is 2.05. The summed E-state index contributed by atoms with van der Waals surface area (Å²) < 4.78 is 5.29. The van der Waals surface area contributed by atoms with E-state index in [-0.39, 0.29) is 0 Å². The van der Waals surface area contributed by atoms with Crippen LogP contribution in [0.3, 0.4) is 0 Å². The van der Waals surface area contributed by atoms with Crippen LogP contribution in [0.25, 0.3) is 0 Å². The molecule has 3 heteroatoms. The maximum Gasteiger partial charge on any atom is 0.0589 e. The van der Waals surface area contributed by atoms with Crippen molar-refractivity contribution in [3.63, 3.8) is 0 Å². The molecule has 0 N–H and O–H groups in total. The molecule has 0 radical (unpaired) electrons. The zero-order chi connectivity index (χ0) is 14.4. The molecule has 1 aliphatic heterocycles. The van der Waals surface area contributed by atoms with Crippen LogP contribution >= 0.6 is 11.8 Å². The highest BCUT2D eigenvalue weighted by atomic mass is 32.2. The van der Waals surface area contributed by atoms with Crippen LogP contribution in [-0.2, 0) is 11.2 Å². The number of ether oxygens (including phenoxy) is 1. The summed E-state index contributed by atoms with van der Waals surface area (Å²) in [6.07, 6.45) is 3.67. The molecule has 0 aliphatic carbocycles. The number of nitrogens with zero attached hydrogens (tertiary/aromatic N) is 1. The first-order chi connectivity index (χ1) is 9.78. The molecule has 112 valence electrons. The third kappa shape index (κ3) is 4.00. The fourth-order valence-corrected chi connectivity index (χ4v) is 4.40. The summed E-state index contributed by atoms with van der Waals surface area (Å²) in [6.45, 7) is 7.65. The minimum absolute atomic E-state index is 0.689. The van der Waals surface area contributed by atoms with Gasteiger partial charge in [-0.1, -0.05) is 32.0 Å². The molecule has 1 aromatic carbocycles. The lowest BCUT2D eigenvalue weighted by atomic mass is 10.1. The Morgan fingerprint density at radius 3 is 2.70 bits per heavy atom. The van der Waals surface area contributed by atoms with Crippen LogP contribution in [0.5, 0.6) is 0 Å². The van der Waals surface area contributed by atoms with Crippen LogP contribution in [0.1, 0.15) is 32.3 Å². The van der Waals surface area contributed by atoms with Crippen LogP contribution in [0.4, 0.5) is 0 Å². The Morgan fingerprint density at radius 2 is 2.05 bits per heavy atom. The van der Waals surface area contributed by atoms with Crippen molar-refractivity contribution in [1.29, 1.82) is 0 Å². The van der Waals surface area contributed by atoms with E-state index in [0.717, 1.165) is 13.2 Å². The number of benzene rings is 1. The molecule has 0 bridgehead atoms. The molecule has 1 unspecified atom stereocenters. The van der Waals surface area contributed by atoms with Crippen molar-refractivity contribution in [1.82, 2.24) is 4.90 Å². The van der Waals surface area contributed by atoms with Gasteiger partial charge in [0.05, 0.1) is 6.61 Å². The quantitative estimate of drug-likeness (QED) is 0.722. The Balaban J connectivity index is 1.95. The van der Waals surface area contributed by atoms with Gasteiger partial charge in [0.15, 0.2) is 0 Å². The summed E-state index contributed by atoms with van der Waals surface area (Å²) in [5.74, 6) is 0. The molecule has 2 nitrogen and oxygen atoms in total. The molecule has 1 atom stereocenters. The van der Waals surface area contributed by atoms with Gasteiger partial charge in [-0.05, 0) is 30.9 Å². The van der Waals surface area contributed by atoms with E-state index in [1.807, 2.05) is 0 Å². The highest BCUT2D eigenvalue weighted by Gasteiger charge is 2.26. The Labute approximate surface area is 127 Å². The first-order valence-corrected chi connectivity index (χ1v) is 8.64. The van der Waals surface area contributed by atoms with Gasteiger partial charge < -0.3 is 4.74 Å². The monoisotopic (exact) mass is 293 g/mol. The molecule has 0 spiro atoms. The molecule has 2 rings (SSSR count). The minimum atomic E-state index is 0.689. The Morgan fingerprint density at radius 1 is 1.30 bits per heavy atom. The summed E-state index contributed by atoms with van der Waals surface area (Å²) in [5, 5.41) is 0.699.